The topological polar surface area (TPSA) is 39.1 Å². The number of aryl methyl sites for hydroxylation is 1. The first-order chi connectivity index (χ1) is 9.76. The van der Waals surface area contributed by atoms with Crippen molar-refractivity contribution in [1.82, 2.24) is 9.78 Å². The van der Waals surface area contributed by atoms with Crippen LogP contribution in [0, 0.1) is 0 Å². The smallest absolute Gasteiger partial charge is 0.123 e. The molecular formula is C15H20ClN3O. The summed E-state index contributed by atoms with van der Waals surface area (Å²) in [6, 6.07) is 5.99. The van der Waals surface area contributed by atoms with Crippen LogP contribution in [0.2, 0.25) is 0 Å². The van der Waals surface area contributed by atoms with E-state index in [0.717, 1.165) is 35.7 Å². The van der Waals surface area contributed by atoms with Crippen LogP contribution in [-0.2, 0) is 19.0 Å². The summed E-state index contributed by atoms with van der Waals surface area (Å²) in [4.78, 5) is 0. The van der Waals surface area contributed by atoms with Crippen LogP contribution in [0.5, 0.6) is 5.75 Å². The van der Waals surface area contributed by atoms with Crippen molar-refractivity contribution in [2.24, 2.45) is 0 Å². The van der Waals surface area contributed by atoms with Gasteiger partial charge in [-0.15, -0.1) is 11.6 Å². The van der Waals surface area contributed by atoms with E-state index in [4.69, 9.17) is 16.3 Å². The number of hydrogen-bond donors (Lipinski definition) is 1. The van der Waals surface area contributed by atoms with Gasteiger partial charge in [-0.2, -0.15) is 5.10 Å². The molecule has 20 heavy (non-hydrogen) atoms. The molecule has 5 heteroatoms. The van der Waals surface area contributed by atoms with Gasteiger partial charge in [0.1, 0.15) is 5.75 Å². The molecule has 108 valence electrons. The molecular weight excluding hydrogens is 274 g/mol. The average Bonchev–Trinajstić information content (AvgIpc) is 2.94. The van der Waals surface area contributed by atoms with Crippen LogP contribution in [0.1, 0.15) is 25.0 Å². The molecule has 0 aliphatic rings. The second-order valence-electron chi connectivity index (χ2n) is 4.45. The molecule has 4 nitrogen and oxygen atoms in total. The quantitative estimate of drug-likeness (QED) is 0.792. The summed E-state index contributed by atoms with van der Waals surface area (Å²) >= 11 is 5.96. The Balaban J connectivity index is 2.02. The lowest BCUT2D eigenvalue weighted by molar-refractivity contribution is 0.337. The number of rotatable bonds is 7. The molecule has 0 fully saturated rings. The van der Waals surface area contributed by atoms with Gasteiger partial charge in [-0.3, -0.25) is 4.68 Å². The van der Waals surface area contributed by atoms with E-state index in [1.807, 2.05) is 42.2 Å². The highest BCUT2D eigenvalue weighted by Crippen LogP contribution is 2.24. The number of ether oxygens (including phenoxy) is 1. The van der Waals surface area contributed by atoms with E-state index in [9.17, 15) is 0 Å². The van der Waals surface area contributed by atoms with Crippen LogP contribution in [0.3, 0.4) is 0 Å². The van der Waals surface area contributed by atoms with Crippen LogP contribution in [0.25, 0.3) is 0 Å². The van der Waals surface area contributed by atoms with Crippen LogP contribution in [-0.4, -0.2) is 16.4 Å². The predicted octanol–water partition coefficient (Wildman–Crippen LogP) is 3.65. The first-order valence-electron chi connectivity index (χ1n) is 6.83. The highest BCUT2D eigenvalue weighted by atomic mass is 35.5. The molecule has 1 aromatic heterocycles. The van der Waals surface area contributed by atoms with Gasteiger partial charge in [0.05, 0.1) is 18.7 Å². The van der Waals surface area contributed by atoms with Crippen LogP contribution in [0.15, 0.2) is 30.6 Å². The zero-order chi connectivity index (χ0) is 14.4. The number of aromatic nitrogens is 2. The summed E-state index contributed by atoms with van der Waals surface area (Å²) in [5.74, 6) is 1.30. The van der Waals surface area contributed by atoms with Gasteiger partial charge in [-0.25, -0.2) is 0 Å². The number of nitrogens with one attached hydrogen (secondary N) is 1. The van der Waals surface area contributed by atoms with Gasteiger partial charge >= 0.3 is 0 Å². The molecule has 0 aliphatic heterocycles. The Morgan fingerprint density at radius 1 is 1.35 bits per heavy atom. The summed E-state index contributed by atoms with van der Waals surface area (Å²) in [6.45, 7) is 6.32. The van der Waals surface area contributed by atoms with Gasteiger partial charge < -0.3 is 10.1 Å². The zero-order valence-corrected chi connectivity index (χ0v) is 12.7. The molecule has 0 saturated carbocycles. The van der Waals surface area contributed by atoms with Crippen molar-refractivity contribution >= 4 is 17.3 Å². The predicted molar refractivity (Wildman–Crippen MR) is 82.4 cm³/mol. The number of halogens is 1. The van der Waals surface area contributed by atoms with Gasteiger partial charge in [-0.05, 0) is 32.0 Å². The van der Waals surface area contributed by atoms with E-state index >= 15 is 0 Å². The van der Waals surface area contributed by atoms with E-state index in [1.165, 1.54) is 0 Å². The molecule has 0 radical (unpaired) electrons. The van der Waals surface area contributed by atoms with Crippen molar-refractivity contribution in [2.75, 3.05) is 11.9 Å². The second kappa shape index (κ2) is 7.20. The number of benzene rings is 1. The highest BCUT2D eigenvalue weighted by Gasteiger charge is 2.04. The van der Waals surface area contributed by atoms with Gasteiger partial charge in [-0.1, -0.05) is 0 Å². The summed E-state index contributed by atoms with van der Waals surface area (Å²) in [6.07, 6.45) is 3.93. The largest absolute Gasteiger partial charge is 0.494 e. The lowest BCUT2D eigenvalue weighted by Crippen LogP contribution is -2.01. The maximum Gasteiger partial charge on any atom is 0.123 e. The fourth-order valence-electron chi connectivity index (χ4n) is 1.96. The third kappa shape index (κ3) is 3.67. The minimum absolute atomic E-state index is 0.443. The third-order valence-corrected chi connectivity index (χ3v) is 3.30. The number of hydrogen-bond acceptors (Lipinski definition) is 3. The Bertz CT molecular complexity index is 554. The van der Waals surface area contributed by atoms with Crippen LogP contribution in [0.4, 0.5) is 5.69 Å². The molecule has 0 spiro atoms. The van der Waals surface area contributed by atoms with Crippen molar-refractivity contribution in [3.8, 4) is 5.75 Å². The van der Waals surface area contributed by atoms with Crippen molar-refractivity contribution < 1.29 is 4.74 Å². The normalized spacial score (nSPS) is 10.6. The molecule has 0 unspecified atom stereocenters. The van der Waals surface area contributed by atoms with Gasteiger partial charge in [0.2, 0.25) is 0 Å². The van der Waals surface area contributed by atoms with Crippen LogP contribution >= 0.6 is 11.6 Å². The van der Waals surface area contributed by atoms with Crippen molar-refractivity contribution in [3.05, 3.63) is 41.7 Å². The monoisotopic (exact) mass is 293 g/mol. The summed E-state index contributed by atoms with van der Waals surface area (Å²) in [7, 11) is 0. The van der Waals surface area contributed by atoms with Gasteiger partial charge in [0.15, 0.2) is 0 Å². The molecule has 2 aromatic rings. The molecule has 0 aliphatic carbocycles. The van der Waals surface area contributed by atoms with Crippen molar-refractivity contribution in [2.45, 2.75) is 32.8 Å². The average molecular weight is 294 g/mol. The molecule has 0 bridgehead atoms. The Kier molecular flexibility index (Phi) is 5.30. The fourth-order valence-corrected chi connectivity index (χ4v) is 2.17. The zero-order valence-electron chi connectivity index (χ0n) is 11.9. The van der Waals surface area contributed by atoms with E-state index in [2.05, 4.69) is 17.3 Å². The SMILES string of the molecule is CCOc1ccc(NCc2cnn(CC)c2)cc1CCl. The minimum atomic E-state index is 0.443. The molecule has 1 aromatic carbocycles. The number of nitrogens with zero attached hydrogens (tertiary/aromatic N) is 2. The maximum absolute atomic E-state index is 5.96. The Morgan fingerprint density at radius 2 is 2.20 bits per heavy atom. The molecule has 1 heterocycles. The molecule has 0 amide bonds. The van der Waals surface area contributed by atoms with Crippen LogP contribution < -0.4 is 10.1 Å². The van der Waals surface area contributed by atoms with E-state index < -0.39 is 0 Å². The third-order valence-electron chi connectivity index (χ3n) is 3.01. The maximum atomic E-state index is 5.96. The fraction of sp³-hybridized carbons (Fsp3) is 0.400. The first kappa shape index (κ1) is 14.7. The lowest BCUT2D eigenvalue weighted by atomic mass is 10.2. The summed E-state index contributed by atoms with van der Waals surface area (Å²) in [5, 5.41) is 7.63. The number of alkyl halides is 1. The van der Waals surface area contributed by atoms with Crippen molar-refractivity contribution in [3.63, 3.8) is 0 Å². The van der Waals surface area contributed by atoms with Crippen molar-refractivity contribution in [1.29, 1.82) is 0 Å². The molecule has 2 rings (SSSR count). The van der Waals surface area contributed by atoms with E-state index in [1.54, 1.807) is 0 Å². The summed E-state index contributed by atoms with van der Waals surface area (Å²) < 4.78 is 7.45. The Hall–Kier alpha value is -1.68. The lowest BCUT2D eigenvalue weighted by Gasteiger charge is -2.11. The van der Waals surface area contributed by atoms with Gasteiger partial charge in [0.25, 0.3) is 0 Å². The first-order valence-corrected chi connectivity index (χ1v) is 7.37. The van der Waals surface area contributed by atoms with E-state index in [-0.39, 0.29) is 0 Å². The Labute approximate surface area is 124 Å². The standard InChI is InChI=1S/C15H20ClN3O/c1-3-19-11-12(10-18-19)9-17-14-5-6-15(20-4-2)13(7-14)8-16/h5-7,10-11,17H,3-4,8-9H2,1-2H3. The molecule has 0 saturated heterocycles. The molecule has 1 N–H and O–H groups in total. The second-order valence-corrected chi connectivity index (χ2v) is 4.71. The van der Waals surface area contributed by atoms with E-state index in [0.29, 0.717) is 12.5 Å². The highest BCUT2D eigenvalue weighted by molar-refractivity contribution is 6.17. The Morgan fingerprint density at radius 3 is 2.85 bits per heavy atom. The number of anilines is 1. The molecule has 0 atom stereocenters. The van der Waals surface area contributed by atoms with Gasteiger partial charge in [0, 0.05) is 36.1 Å². The summed E-state index contributed by atoms with van der Waals surface area (Å²) in [5.41, 5.74) is 3.20. The minimum Gasteiger partial charge on any atom is -0.494 e.